The van der Waals surface area contributed by atoms with E-state index in [0.29, 0.717) is 5.75 Å². The highest BCUT2D eigenvalue weighted by molar-refractivity contribution is 5.94. The summed E-state index contributed by atoms with van der Waals surface area (Å²) in [5.41, 5.74) is -0.280. The fourth-order valence-corrected chi connectivity index (χ4v) is 1.79. The van der Waals surface area contributed by atoms with Gasteiger partial charge in [0.05, 0.1) is 12.1 Å². The number of amides is 1. The largest absolute Gasteiger partial charge is 0.492 e. The summed E-state index contributed by atoms with van der Waals surface area (Å²) in [6.45, 7) is 0.535. The third-order valence-electron chi connectivity index (χ3n) is 2.94. The van der Waals surface area contributed by atoms with Gasteiger partial charge in [-0.25, -0.2) is 8.78 Å². The zero-order chi connectivity index (χ0) is 15.2. The van der Waals surface area contributed by atoms with E-state index in [1.54, 1.807) is 12.1 Å². The molecular weight excluding hydrogens is 276 g/mol. The molecule has 0 aliphatic carbocycles. The average molecular weight is 291 g/mol. The van der Waals surface area contributed by atoms with Gasteiger partial charge in [0.1, 0.15) is 24.0 Å². The first-order valence-corrected chi connectivity index (χ1v) is 6.46. The SMILES string of the molecule is CN(CCOc1ccccc1)C(=O)c1cc(F)ccc1F. The third kappa shape index (κ3) is 4.02. The summed E-state index contributed by atoms with van der Waals surface area (Å²) < 4.78 is 32.1. The molecule has 0 N–H and O–H groups in total. The first-order valence-electron chi connectivity index (χ1n) is 6.46. The Balaban J connectivity index is 1.92. The van der Waals surface area contributed by atoms with Crippen LogP contribution in [0.2, 0.25) is 0 Å². The van der Waals surface area contributed by atoms with Gasteiger partial charge in [0.15, 0.2) is 0 Å². The Bertz CT molecular complexity index is 617. The van der Waals surface area contributed by atoms with Gasteiger partial charge < -0.3 is 9.64 Å². The van der Waals surface area contributed by atoms with E-state index in [-0.39, 0.29) is 18.7 Å². The van der Waals surface area contributed by atoms with Gasteiger partial charge in [0, 0.05) is 7.05 Å². The van der Waals surface area contributed by atoms with E-state index in [1.165, 1.54) is 11.9 Å². The molecule has 0 fully saturated rings. The van der Waals surface area contributed by atoms with Crippen molar-refractivity contribution in [3.63, 3.8) is 0 Å². The van der Waals surface area contributed by atoms with Gasteiger partial charge >= 0.3 is 0 Å². The van der Waals surface area contributed by atoms with E-state index in [0.717, 1.165) is 18.2 Å². The highest BCUT2D eigenvalue weighted by Crippen LogP contribution is 2.12. The van der Waals surface area contributed by atoms with E-state index in [9.17, 15) is 13.6 Å². The van der Waals surface area contributed by atoms with Crippen LogP contribution in [0.1, 0.15) is 10.4 Å². The van der Waals surface area contributed by atoms with Crippen LogP contribution in [0, 0.1) is 11.6 Å². The van der Waals surface area contributed by atoms with Crippen LogP contribution in [0.4, 0.5) is 8.78 Å². The molecule has 5 heteroatoms. The topological polar surface area (TPSA) is 29.5 Å². The molecule has 2 aromatic rings. The summed E-state index contributed by atoms with van der Waals surface area (Å²) in [5, 5.41) is 0. The Morgan fingerprint density at radius 2 is 1.86 bits per heavy atom. The van der Waals surface area contributed by atoms with Crippen LogP contribution in [0.3, 0.4) is 0 Å². The highest BCUT2D eigenvalue weighted by atomic mass is 19.1. The predicted molar refractivity (Wildman–Crippen MR) is 75.3 cm³/mol. The van der Waals surface area contributed by atoms with Crippen molar-refractivity contribution >= 4 is 5.91 Å². The van der Waals surface area contributed by atoms with Crippen LogP contribution in [-0.2, 0) is 0 Å². The Hall–Kier alpha value is -2.43. The van der Waals surface area contributed by atoms with Gasteiger partial charge in [0.2, 0.25) is 0 Å². The number of carbonyl (C=O) groups excluding carboxylic acids is 1. The Morgan fingerprint density at radius 1 is 1.14 bits per heavy atom. The van der Waals surface area contributed by atoms with Gasteiger partial charge in [-0.3, -0.25) is 4.79 Å². The summed E-state index contributed by atoms with van der Waals surface area (Å²) in [6.07, 6.45) is 0. The summed E-state index contributed by atoms with van der Waals surface area (Å²) in [5.74, 6) is -1.27. The van der Waals surface area contributed by atoms with Crippen molar-refractivity contribution < 1.29 is 18.3 Å². The second kappa shape index (κ2) is 6.83. The third-order valence-corrected chi connectivity index (χ3v) is 2.94. The maximum Gasteiger partial charge on any atom is 0.256 e. The quantitative estimate of drug-likeness (QED) is 0.847. The number of para-hydroxylation sites is 1. The minimum atomic E-state index is -0.739. The first kappa shape index (κ1) is 15.0. The molecule has 21 heavy (non-hydrogen) atoms. The van der Waals surface area contributed by atoms with Crippen LogP contribution in [0.25, 0.3) is 0 Å². The molecule has 0 atom stereocenters. The minimum Gasteiger partial charge on any atom is -0.492 e. The number of carbonyl (C=O) groups is 1. The van der Waals surface area contributed by atoms with E-state index in [4.69, 9.17) is 4.74 Å². The second-order valence-electron chi connectivity index (χ2n) is 4.51. The van der Waals surface area contributed by atoms with E-state index in [1.807, 2.05) is 18.2 Å². The Labute approximate surface area is 121 Å². The van der Waals surface area contributed by atoms with Gasteiger partial charge in [0.25, 0.3) is 5.91 Å². The smallest absolute Gasteiger partial charge is 0.256 e. The molecule has 0 radical (unpaired) electrons. The van der Waals surface area contributed by atoms with Crippen LogP contribution in [-0.4, -0.2) is 31.0 Å². The predicted octanol–water partition coefficient (Wildman–Crippen LogP) is 3.12. The number of halogens is 2. The zero-order valence-corrected chi connectivity index (χ0v) is 11.6. The molecule has 0 saturated carbocycles. The molecule has 0 aliphatic heterocycles. The van der Waals surface area contributed by atoms with Crippen molar-refractivity contribution in [1.29, 1.82) is 0 Å². The fraction of sp³-hybridized carbons (Fsp3) is 0.188. The Morgan fingerprint density at radius 3 is 2.57 bits per heavy atom. The van der Waals surface area contributed by atoms with Crippen molar-refractivity contribution in [3.8, 4) is 5.75 Å². The molecule has 0 saturated heterocycles. The number of likely N-dealkylation sites (N-methyl/N-ethyl adjacent to an activating group) is 1. The van der Waals surface area contributed by atoms with Crippen molar-refractivity contribution in [1.82, 2.24) is 4.90 Å². The van der Waals surface area contributed by atoms with Crippen LogP contribution in [0.5, 0.6) is 5.75 Å². The number of hydrogen-bond acceptors (Lipinski definition) is 2. The van der Waals surface area contributed by atoms with Crippen LogP contribution < -0.4 is 4.74 Å². The van der Waals surface area contributed by atoms with E-state index in [2.05, 4.69) is 0 Å². The number of nitrogens with zero attached hydrogens (tertiary/aromatic N) is 1. The number of hydrogen-bond donors (Lipinski definition) is 0. The van der Waals surface area contributed by atoms with Crippen LogP contribution >= 0.6 is 0 Å². The van der Waals surface area contributed by atoms with E-state index < -0.39 is 17.5 Å². The summed E-state index contributed by atoms with van der Waals surface area (Å²) >= 11 is 0. The molecule has 2 rings (SSSR count). The fourth-order valence-electron chi connectivity index (χ4n) is 1.79. The molecule has 0 spiro atoms. The molecule has 110 valence electrons. The van der Waals surface area contributed by atoms with Crippen molar-refractivity contribution in [3.05, 3.63) is 65.7 Å². The zero-order valence-electron chi connectivity index (χ0n) is 11.6. The van der Waals surface area contributed by atoms with Gasteiger partial charge in [-0.15, -0.1) is 0 Å². The molecule has 2 aromatic carbocycles. The second-order valence-corrected chi connectivity index (χ2v) is 4.51. The van der Waals surface area contributed by atoms with Gasteiger partial charge in [-0.1, -0.05) is 18.2 Å². The lowest BCUT2D eigenvalue weighted by molar-refractivity contribution is 0.0768. The minimum absolute atomic E-state index is 0.267. The normalized spacial score (nSPS) is 10.2. The van der Waals surface area contributed by atoms with E-state index >= 15 is 0 Å². The highest BCUT2D eigenvalue weighted by Gasteiger charge is 2.16. The summed E-state index contributed by atoms with van der Waals surface area (Å²) in [7, 11) is 1.51. The van der Waals surface area contributed by atoms with Gasteiger partial charge in [-0.05, 0) is 30.3 Å². The standard InChI is InChI=1S/C16H15F2NO2/c1-19(9-10-21-13-5-3-2-4-6-13)16(20)14-11-12(17)7-8-15(14)18/h2-8,11H,9-10H2,1H3. The van der Waals surface area contributed by atoms with Crippen molar-refractivity contribution in [2.24, 2.45) is 0 Å². The van der Waals surface area contributed by atoms with Gasteiger partial charge in [-0.2, -0.15) is 0 Å². The van der Waals surface area contributed by atoms with Crippen molar-refractivity contribution in [2.45, 2.75) is 0 Å². The molecule has 0 aromatic heterocycles. The first-order chi connectivity index (χ1) is 10.1. The average Bonchev–Trinajstić information content (AvgIpc) is 2.50. The molecule has 1 amide bonds. The number of benzene rings is 2. The number of ether oxygens (including phenoxy) is 1. The maximum absolute atomic E-state index is 13.5. The monoisotopic (exact) mass is 291 g/mol. The molecule has 0 bridgehead atoms. The lowest BCUT2D eigenvalue weighted by Gasteiger charge is -2.18. The van der Waals surface area contributed by atoms with Crippen LogP contribution in [0.15, 0.2) is 48.5 Å². The summed E-state index contributed by atoms with van der Waals surface area (Å²) in [6, 6.07) is 12.0. The number of rotatable bonds is 5. The van der Waals surface area contributed by atoms with Crippen molar-refractivity contribution in [2.75, 3.05) is 20.2 Å². The molecule has 0 heterocycles. The lowest BCUT2D eigenvalue weighted by Crippen LogP contribution is -2.31. The summed E-state index contributed by atoms with van der Waals surface area (Å²) in [4.78, 5) is 13.3. The maximum atomic E-state index is 13.5. The Kier molecular flexibility index (Phi) is 4.87. The molecule has 0 unspecified atom stereocenters. The molecule has 0 aliphatic rings. The molecule has 3 nitrogen and oxygen atoms in total. The molecular formula is C16H15F2NO2. The lowest BCUT2D eigenvalue weighted by atomic mass is 10.2.